The van der Waals surface area contributed by atoms with E-state index in [1.54, 1.807) is 0 Å². The molecule has 0 aromatic rings. The van der Waals surface area contributed by atoms with E-state index in [1.807, 2.05) is 25.7 Å². The van der Waals surface area contributed by atoms with Crippen molar-refractivity contribution in [2.75, 3.05) is 32.8 Å². The second-order valence-corrected chi connectivity index (χ2v) is 7.38. The lowest BCUT2D eigenvalue weighted by Gasteiger charge is -2.35. The Bertz CT molecular complexity index is 346. The molecule has 1 amide bonds. The van der Waals surface area contributed by atoms with Gasteiger partial charge in [0.05, 0.1) is 6.61 Å². The number of aliphatic hydroxyl groups is 1. The molecule has 2 heterocycles. The molecule has 2 aliphatic heterocycles. The van der Waals surface area contributed by atoms with Gasteiger partial charge in [-0.1, -0.05) is 0 Å². The third kappa shape index (κ3) is 4.85. The first-order valence-electron chi connectivity index (χ1n) is 8.22. The Labute approximate surface area is 128 Å². The maximum atomic E-state index is 12.0. The molecular formula is C16H30N2O3. The number of amides is 1. The summed E-state index contributed by atoms with van der Waals surface area (Å²) in [6, 6.07) is 0.355. The van der Waals surface area contributed by atoms with Gasteiger partial charge in [0.2, 0.25) is 0 Å². The number of likely N-dealkylation sites (tertiary alicyclic amines) is 2. The summed E-state index contributed by atoms with van der Waals surface area (Å²) < 4.78 is 5.42. The number of nitrogens with zero attached hydrogens (tertiary/aromatic N) is 2. The maximum Gasteiger partial charge on any atom is 0.410 e. The van der Waals surface area contributed by atoms with E-state index in [9.17, 15) is 9.90 Å². The Hall–Kier alpha value is -0.810. The van der Waals surface area contributed by atoms with Crippen LogP contribution in [0, 0.1) is 5.92 Å². The van der Waals surface area contributed by atoms with E-state index in [0.29, 0.717) is 12.0 Å². The van der Waals surface area contributed by atoms with Gasteiger partial charge >= 0.3 is 6.09 Å². The first-order valence-corrected chi connectivity index (χ1v) is 8.22. The van der Waals surface area contributed by atoms with Gasteiger partial charge in [0, 0.05) is 25.7 Å². The van der Waals surface area contributed by atoms with Crippen molar-refractivity contribution < 1.29 is 14.6 Å². The number of hydrogen-bond donors (Lipinski definition) is 1. The van der Waals surface area contributed by atoms with Crippen molar-refractivity contribution in [3.63, 3.8) is 0 Å². The van der Waals surface area contributed by atoms with Gasteiger partial charge in [0.25, 0.3) is 0 Å². The molecule has 0 saturated carbocycles. The van der Waals surface area contributed by atoms with Crippen LogP contribution in [0.5, 0.6) is 0 Å². The monoisotopic (exact) mass is 298 g/mol. The van der Waals surface area contributed by atoms with Gasteiger partial charge < -0.3 is 14.7 Å². The molecule has 1 atom stereocenters. The van der Waals surface area contributed by atoms with Gasteiger partial charge in [0.15, 0.2) is 0 Å². The summed E-state index contributed by atoms with van der Waals surface area (Å²) in [5.74, 6) is 0.635. The van der Waals surface area contributed by atoms with Crippen molar-refractivity contribution >= 4 is 6.09 Å². The number of aliphatic hydroxyl groups excluding tert-OH is 1. The SMILES string of the molecule is CC(C)(C)OC(=O)N1CCC(CN2CCC[C@H]2CO)CC1. The number of carbonyl (C=O) groups excluding carboxylic acids is 1. The largest absolute Gasteiger partial charge is 0.444 e. The molecule has 1 N–H and O–H groups in total. The number of carbonyl (C=O) groups is 1. The van der Waals surface area contributed by atoms with Crippen molar-refractivity contribution in [2.45, 2.75) is 58.1 Å². The summed E-state index contributed by atoms with van der Waals surface area (Å²) in [6.07, 6.45) is 4.20. The first kappa shape index (κ1) is 16.6. The molecule has 0 radical (unpaired) electrons. The summed E-state index contributed by atoms with van der Waals surface area (Å²) in [7, 11) is 0. The predicted octanol–water partition coefficient (Wildman–Crippen LogP) is 2.09. The highest BCUT2D eigenvalue weighted by atomic mass is 16.6. The molecule has 0 aliphatic carbocycles. The fourth-order valence-corrected chi connectivity index (χ4v) is 3.30. The molecule has 2 rings (SSSR count). The van der Waals surface area contributed by atoms with E-state index in [1.165, 1.54) is 6.42 Å². The quantitative estimate of drug-likeness (QED) is 0.867. The number of rotatable bonds is 3. The van der Waals surface area contributed by atoms with Crippen LogP contribution < -0.4 is 0 Å². The smallest absolute Gasteiger partial charge is 0.410 e. The molecule has 0 aromatic heterocycles. The molecule has 2 saturated heterocycles. The van der Waals surface area contributed by atoms with Crippen LogP contribution in [0.4, 0.5) is 4.79 Å². The van der Waals surface area contributed by atoms with E-state index in [2.05, 4.69) is 4.90 Å². The third-order valence-electron chi connectivity index (χ3n) is 4.47. The van der Waals surface area contributed by atoms with Gasteiger partial charge in [-0.3, -0.25) is 4.90 Å². The highest BCUT2D eigenvalue weighted by molar-refractivity contribution is 5.68. The highest BCUT2D eigenvalue weighted by Crippen LogP contribution is 2.24. The number of ether oxygens (including phenoxy) is 1. The Kier molecular flexibility index (Phi) is 5.49. The zero-order valence-corrected chi connectivity index (χ0v) is 13.7. The molecule has 2 aliphatic rings. The van der Waals surface area contributed by atoms with Gasteiger partial charge in [0.1, 0.15) is 5.60 Å². The zero-order chi connectivity index (χ0) is 15.5. The van der Waals surface area contributed by atoms with Crippen molar-refractivity contribution in [2.24, 2.45) is 5.92 Å². The van der Waals surface area contributed by atoms with Gasteiger partial charge in [-0.25, -0.2) is 4.79 Å². The number of hydrogen-bond acceptors (Lipinski definition) is 4. The van der Waals surface area contributed by atoms with Crippen LogP contribution in [0.2, 0.25) is 0 Å². The fraction of sp³-hybridized carbons (Fsp3) is 0.938. The molecular weight excluding hydrogens is 268 g/mol. The lowest BCUT2D eigenvalue weighted by molar-refractivity contribution is 0.0163. The van der Waals surface area contributed by atoms with Crippen molar-refractivity contribution in [1.29, 1.82) is 0 Å². The molecule has 5 nitrogen and oxygen atoms in total. The molecule has 21 heavy (non-hydrogen) atoms. The van der Waals surface area contributed by atoms with Crippen LogP contribution in [0.1, 0.15) is 46.5 Å². The van der Waals surface area contributed by atoms with Crippen LogP contribution >= 0.6 is 0 Å². The van der Waals surface area contributed by atoms with Gasteiger partial charge in [-0.15, -0.1) is 0 Å². The third-order valence-corrected chi connectivity index (χ3v) is 4.47. The predicted molar refractivity (Wildman–Crippen MR) is 82.2 cm³/mol. The average molecular weight is 298 g/mol. The minimum atomic E-state index is -0.419. The summed E-state index contributed by atoms with van der Waals surface area (Å²) >= 11 is 0. The zero-order valence-electron chi connectivity index (χ0n) is 13.7. The Morgan fingerprint density at radius 3 is 2.43 bits per heavy atom. The summed E-state index contributed by atoms with van der Waals surface area (Å²) in [4.78, 5) is 16.3. The molecule has 2 fully saturated rings. The van der Waals surface area contributed by atoms with Gasteiger partial charge in [-0.05, 0) is 58.9 Å². The summed E-state index contributed by atoms with van der Waals surface area (Å²) in [6.45, 7) is 9.73. The topological polar surface area (TPSA) is 53.0 Å². The van der Waals surface area contributed by atoms with E-state index in [-0.39, 0.29) is 12.7 Å². The average Bonchev–Trinajstić information content (AvgIpc) is 2.85. The summed E-state index contributed by atoms with van der Waals surface area (Å²) in [5.41, 5.74) is -0.419. The van der Waals surface area contributed by atoms with Gasteiger partial charge in [-0.2, -0.15) is 0 Å². The maximum absolute atomic E-state index is 12.0. The Morgan fingerprint density at radius 1 is 1.19 bits per heavy atom. The first-order chi connectivity index (χ1) is 9.89. The molecule has 0 spiro atoms. The molecule has 0 bridgehead atoms. The van der Waals surface area contributed by atoms with Crippen LogP contribution in [0.3, 0.4) is 0 Å². The van der Waals surface area contributed by atoms with Crippen molar-refractivity contribution in [3.05, 3.63) is 0 Å². The van der Waals surface area contributed by atoms with Crippen molar-refractivity contribution in [3.8, 4) is 0 Å². The van der Waals surface area contributed by atoms with Crippen LogP contribution in [-0.4, -0.2) is 65.4 Å². The normalized spacial score (nSPS) is 25.3. The number of piperidine rings is 1. The molecule has 5 heteroatoms. The molecule has 122 valence electrons. The molecule has 0 aromatic carbocycles. The van der Waals surface area contributed by atoms with E-state index in [4.69, 9.17) is 4.74 Å². The van der Waals surface area contributed by atoms with Crippen molar-refractivity contribution in [1.82, 2.24) is 9.80 Å². The lowest BCUT2D eigenvalue weighted by atomic mass is 9.96. The van der Waals surface area contributed by atoms with E-state index < -0.39 is 5.60 Å². The fourth-order valence-electron chi connectivity index (χ4n) is 3.30. The minimum Gasteiger partial charge on any atom is -0.444 e. The van der Waals surface area contributed by atoms with Crippen LogP contribution in [0.25, 0.3) is 0 Å². The minimum absolute atomic E-state index is 0.185. The second kappa shape index (κ2) is 6.97. The van der Waals surface area contributed by atoms with Crippen LogP contribution in [0.15, 0.2) is 0 Å². The summed E-state index contributed by atoms with van der Waals surface area (Å²) in [5, 5.41) is 9.38. The molecule has 0 unspecified atom stereocenters. The second-order valence-electron chi connectivity index (χ2n) is 7.38. The Morgan fingerprint density at radius 2 is 1.86 bits per heavy atom. The van der Waals surface area contributed by atoms with Crippen LogP contribution in [-0.2, 0) is 4.74 Å². The standard InChI is InChI=1S/C16H30N2O3/c1-16(2,3)21-15(20)17-9-6-13(7-10-17)11-18-8-4-5-14(18)12-19/h13-14,19H,4-12H2,1-3H3/t14-/m0/s1. The highest BCUT2D eigenvalue weighted by Gasteiger charge is 2.30. The lowest BCUT2D eigenvalue weighted by Crippen LogP contribution is -2.44. The Balaban J connectivity index is 1.74. The van der Waals surface area contributed by atoms with E-state index >= 15 is 0 Å². The van der Waals surface area contributed by atoms with E-state index in [0.717, 1.165) is 45.4 Å².